The summed E-state index contributed by atoms with van der Waals surface area (Å²) < 4.78 is 32.7. The molecule has 0 aromatic heterocycles. The van der Waals surface area contributed by atoms with Gasteiger partial charge in [-0.15, -0.1) is 6.42 Å². The van der Waals surface area contributed by atoms with Crippen LogP contribution in [0.1, 0.15) is 50.3 Å². The maximum absolute atomic E-state index is 13.7. The van der Waals surface area contributed by atoms with Crippen molar-refractivity contribution in [3.8, 4) is 12.3 Å². The van der Waals surface area contributed by atoms with E-state index in [2.05, 4.69) is 16.6 Å². The molecule has 3 rings (SSSR count). The number of rotatable bonds is 8. The van der Waals surface area contributed by atoms with E-state index in [1.807, 2.05) is 24.3 Å². The molecule has 1 aliphatic carbocycles. The van der Waals surface area contributed by atoms with Crippen LogP contribution >= 0.6 is 0 Å². The third-order valence-electron chi connectivity index (χ3n) is 5.53. The molecule has 0 radical (unpaired) electrons. The molecule has 1 fully saturated rings. The lowest BCUT2D eigenvalue weighted by atomic mass is 9.99. The number of aliphatic hydroxyl groups is 1. The molecule has 3 N–H and O–H groups in total. The Hall–Kier alpha value is -2.95. The average Bonchev–Trinajstić information content (AvgIpc) is 3.51. The smallest absolute Gasteiger partial charge is 0.407 e. The Labute approximate surface area is 193 Å². The lowest BCUT2D eigenvalue weighted by Gasteiger charge is -2.28. The number of nitrogens with one attached hydrogen (secondary N) is 2. The zero-order chi connectivity index (χ0) is 24.2. The van der Waals surface area contributed by atoms with Crippen molar-refractivity contribution in [2.24, 2.45) is 0 Å². The number of aliphatic hydroxyl groups excluding tert-OH is 1. The van der Waals surface area contributed by atoms with Crippen molar-refractivity contribution < 1.29 is 23.4 Å². The Morgan fingerprint density at radius 3 is 2.45 bits per heavy atom. The van der Waals surface area contributed by atoms with Gasteiger partial charge in [-0.25, -0.2) is 13.6 Å². The number of alkyl carbamates (subject to hydrolysis) is 1. The Kier molecular flexibility index (Phi) is 7.41. The molecule has 2 unspecified atom stereocenters. The second kappa shape index (κ2) is 9.90. The number of carbonyl (C=O) groups excluding carboxylic acids is 1. The van der Waals surface area contributed by atoms with Crippen molar-refractivity contribution in [2.45, 2.75) is 63.3 Å². The fourth-order valence-electron chi connectivity index (χ4n) is 3.77. The van der Waals surface area contributed by atoms with E-state index in [-0.39, 0.29) is 18.5 Å². The third-order valence-corrected chi connectivity index (χ3v) is 5.53. The number of amides is 1. The van der Waals surface area contributed by atoms with E-state index in [0.29, 0.717) is 5.56 Å². The Bertz CT molecular complexity index is 1020. The van der Waals surface area contributed by atoms with Crippen LogP contribution in [0.5, 0.6) is 0 Å². The molecule has 2 atom stereocenters. The van der Waals surface area contributed by atoms with Crippen molar-refractivity contribution in [2.75, 3.05) is 6.54 Å². The molecule has 33 heavy (non-hydrogen) atoms. The summed E-state index contributed by atoms with van der Waals surface area (Å²) in [6, 6.07) is 9.99. The number of ether oxygens (including phenoxy) is 1. The van der Waals surface area contributed by atoms with Gasteiger partial charge in [0.1, 0.15) is 17.2 Å². The van der Waals surface area contributed by atoms with Gasteiger partial charge in [-0.2, -0.15) is 0 Å². The van der Waals surface area contributed by atoms with Crippen molar-refractivity contribution >= 4 is 6.09 Å². The number of carbonyl (C=O) groups is 1. The molecular formula is C26H30F2N2O3. The first-order valence-electron chi connectivity index (χ1n) is 10.9. The topological polar surface area (TPSA) is 70.6 Å². The van der Waals surface area contributed by atoms with Crippen LogP contribution in [-0.4, -0.2) is 35.5 Å². The van der Waals surface area contributed by atoms with Crippen LogP contribution in [0.25, 0.3) is 0 Å². The summed E-state index contributed by atoms with van der Waals surface area (Å²) in [7, 11) is 0. The van der Waals surface area contributed by atoms with Gasteiger partial charge >= 0.3 is 6.09 Å². The Morgan fingerprint density at radius 2 is 1.88 bits per heavy atom. The standard InChI is InChI=1S/C26H30F2N2O3/c1-5-17-7-6-8-19(11-17)26(9-10-26)29-16-23(31)22(30-24(32)33-25(2,3)4)14-18-12-20(27)15-21(28)13-18/h1,6-8,11-13,15,22-23,29,31H,9-10,14,16H2,2-4H3,(H,30,32). The molecule has 1 amide bonds. The molecule has 176 valence electrons. The summed E-state index contributed by atoms with van der Waals surface area (Å²) in [5, 5.41) is 17.0. The van der Waals surface area contributed by atoms with Gasteiger partial charge in [0.2, 0.25) is 0 Å². The largest absolute Gasteiger partial charge is 0.444 e. The van der Waals surface area contributed by atoms with Gasteiger partial charge in [-0.05, 0) is 75.4 Å². The Balaban J connectivity index is 1.73. The SMILES string of the molecule is C#Cc1cccc(C2(NCC(O)C(Cc3cc(F)cc(F)c3)NC(=O)OC(C)(C)C)CC2)c1. The number of hydrogen-bond donors (Lipinski definition) is 3. The molecule has 1 saturated carbocycles. The summed E-state index contributed by atoms with van der Waals surface area (Å²) in [4.78, 5) is 12.4. The van der Waals surface area contributed by atoms with Crippen molar-refractivity contribution in [3.05, 3.63) is 70.8 Å². The van der Waals surface area contributed by atoms with Crippen LogP contribution in [0.4, 0.5) is 13.6 Å². The van der Waals surface area contributed by atoms with E-state index in [0.717, 1.165) is 30.0 Å². The number of benzene rings is 2. The summed E-state index contributed by atoms with van der Waals surface area (Å²) >= 11 is 0. The van der Waals surface area contributed by atoms with Gasteiger partial charge in [0.25, 0.3) is 0 Å². The fraction of sp³-hybridized carbons (Fsp3) is 0.423. The second-order valence-electron chi connectivity index (χ2n) is 9.49. The molecule has 0 spiro atoms. The second-order valence-corrected chi connectivity index (χ2v) is 9.49. The van der Waals surface area contributed by atoms with Crippen molar-refractivity contribution in [3.63, 3.8) is 0 Å². The molecule has 7 heteroatoms. The maximum Gasteiger partial charge on any atom is 0.407 e. The van der Waals surface area contributed by atoms with Gasteiger partial charge in [0.05, 0.1) is 12.1 Å². The van der Waals surface area contributed by atoms with Crippen LogP contribution in [-0.2, 0) is 16.7 Å². The highest BCUT2D eigenvalue weighted by Crippen LogP contribution is 2.45. The highest BCUT2D eigenvalue weighted by atomic mass is 19.1. The highest BCUT2D eigenvalue weighted by Gasteiger charge is 2.44. The quantitative estimate of drug-likeness (QED) is 0.525. The molecule has 0 heterocycles. The first-order chi connectivity index (χ1) is 15.5. The van der Waals surface area contributed by atoms with Crippen LogP contribution in [0.3, 0.4) is 0 Å². The first-order valence-corrected chi connectivity index (χ1v) is 10.9. The molecule has 5 nitrogen and oxygen atoms in total. The summed E-state index contributed by atoms with van der Waals surface area (Å²) in [5.41, 5.74) is 1.10. The monoisotopic (exact) mass is 456 g/mol. The third kappa shape index (κ3) is 7.01. The average molecular weight is 457 g/mol. The molecular weight excluding hydrogens is 426 g/mol. The van der Waals surface area contributed by atoms with Crippen LogP contribution in [0.15, 0.2) is 42.5 Å². The van der Waals surface area contributed by atoms with Gasteiger partial charge in [-0.1, -0.05) is 18.1 Å². The van der Waals surface area contributed by atoms with Gasteiger partial charge < -0.3 is 20.5 Å². The highest BCUT2D eigenvalue weighted by molar-refractivity contribution is 5.68. The molecule has 1 aliphatic rings. The minimum atomic E-state index is -1.04. The zero-order valence-electron chi connectivity index (χ0n) is 19.1. The zero-order valence-corrected chi connectivity index (χ0v) is 19.1. The maximum atomic E-state index is 13.7. The lowest BCUT2D eigenvalue weighted by Crippen LogP contribution is -2.51. The van der Waals surface area contributed by atoms with E-state index >= 15 is 0 Å². The van der Waals surface area contributed by atoms with E-state index in [1.165, 1.54) is 12.1 Å². The summed E-state index contributed by atoms with van der Waals surface area (Å²) in [5.74, 6) is 1.18. The molecule has 0 saturated heterocycles. The number of hydrogen-bond acceptors (Lipinski definition) is 4. The number of halogens is 2. The van der Waals surface area contributed by atoms with Gasteiger partial charge in [0.15, 0.2) is 0 Å². The van der Waals surface area contributed by atoms with Crippen LogP contribution in [0, 0.1) is 24.0 Å². The predicted octanol–water partition coefficient (Wildman–Crippen LogP) is 4.02. The minimum absolute atomic E-state index is 0.0242. The fourth-order valence-corrected chi connectivity index (χ4v) is 3.77. The molecule has 0 aliphatic heterocycles. The Morgan fingerprint density at radius 1 is 1.21 bits per heavy atom. The van der Waals surface area contributed by atoms with Crippen LogP contribution in [0.2, 0.25) is 0 Å². The van der Waals surface area contributed by atoms with E-state index < -0.39 is 35.5 Å². The summed E-state index contributed by atoms with van der Waals surface area (Å²) in [6.45, 7) is 5.33. The molecule has 2 aromatic carbocycles. The lowest BCUT2D eigenvalue weighted by molar-refractivity contribution is 0.0419. The summed E-state index contributed by atoms with van der Waals surface area (Å²) in [6.07, 6.45) is 5.54. The predicted molar refractivity (Wildman–Crippen MR) is 123 cm³/mol. The normalized spacial score (nSPS) is 16.4. The van der Waals surface area contributed by atoms with E-state index in [1.54, 1.807) is 20.8 Å². The van der Waals surface area contributed by atoms with E-state index in [4.69, 9.17) is 11.2 Å². The van der Waals surface area contributed by atoms with E-state index in [9.17, 15) is 18.7 Å². The van der Waals surface area contributed by atoms with Crippen molar-refractivity contribution in [1.82, 2.24) is 10.6 Å². The van der Waals surface area contributed by atoms with Gasteiger partial charge in [-0.3, -0.25) is 0 Å². The van der Waals surface area contributed by atoms with Crippen molar-refractivity contribution in [1.29, 1.82) is 0 Å². The minimum Gasteiger partial charge on any atom is -0.444 e. The first kappa shape index (κ1) is 24.7. The van der Waals surface area contributed by atoms with Gasteiger partial charge in [0, 0.05) is 23.7 Å². The molecule has 0 bridgehead atoms. The molecule has 2 aromatic rings. The van der Waals surface area contributed by atoms with Crippen LogP contribution < -0.4 is 10.6 Å². The number of terminal acetylenes is 1.